The molecule has 1 N–H and O–H groups in total. The molecule has 0 amide bonds. The van der Waals surface area contributed by atoms with E-state index in [-0.39, 0.29) is 29.2 Å². The van der Waals surface area contributed by atoms with E-state index in [9.17, 15) is 23.1 Å². The number of hydrogen-bond acceptors (Lipinski definition) is 6. The molecular formula is C17H13F3N4O4. The van der Waals surface area contributed by atoms with Crippen LogP contribution in [0.15, 0.2) is 42.7 Å². The van der Waals surface area contributed by atoms with Crippen LogP contribution < -0.4 is 9.47 Å². The second kappa shape index (κ2) is 7.55. The van der Waals surface area contributed by atoms with Crippen LogP contribution >= 0.6 is 0 Å². The summed E-state index contributed by atoms with van der Waals surface area (Å²) in [4.78, 5) is 15.4. The predicted molar refractivity (Wildman–Crippen MR) is 89.0 cm³/mol. The van der Waals surface area contributed by atoms with Gasteiger partial charge in [-0.25, -0.2) is 9.48 Å². The number of aromatic nitrogens is 4. The number of carboxylic acids is 1. The maximum atomic E-state index is 12.5. The van der Waals surface area contributed by atoms with Gasteiger partial charge in [-0.1, -0.05) is 5.21 Å². The minimum absolute atomic E-state index is 0.108. The first kappa shape index (κ1) is 19.1. The van der Waals surface area contributed by atoms with Gasteiger partial charge in [0.2, 0.25) is 0 Å². The molecule has 0 saturated heterocycles. The normalized spacial score (nSPS) is 11.3. The zero-order valence-electron chi connectivity index (χ0n) is 14.3. The summed E-state index contributed by atoms with van der Waals surface area (Å²) in [5.74, 6) is -1.46. The van der Waals surface area contributed by atoms with Crippen molar-refractivity contribution >= 4 is 5.97 Å². The third-order valence-corrected chi connectivity index (χ3v) is 3.68. The summed E-state index contributed by atoms with van der Waals surface area (Å²) >= 11 is 0. The van der Waals surface area contributed by atoms with Crippen LogP contribution in [0.25, 0.3) is 11.3 Å². The van der Waals surface area contributed by atoms with Crippen molar-refractivity contribution in [1.29, 1.82) is 0 Å². The highest BCUT2D eigenvalue weighted by molar-refractivity contribution is 5.92. The highest BCUT2D eigenvalue weighted by Crippen LogP contribution is 2.30. The lowest BCUT2D eigenvalue weighted by atomic mass is 10.1. The van der Waals surface area contributed by atoms with Crippen molar-refractivity contribution in [2.45, 2.75) is 12.9 Å². The van der Waals surface area contributed by atoms with E-state index in [0.29, 0.717) is 5.56 Å². The van der Waals surface area contributed by atoms with Crippen molar-refractivity contribution in [3.63, 3.8) is 0 Å². The van der Waals surface area contributed by atoms with Crippen LogP contribution in [0.1, 0.15) is 16.1 Å². The zero-order valence-corrected chi connectivity index (χ0v) is 14.3. The van der Waals surface area contributed by atoms with Crippen LogP contribution in [0, 0.1) is 0 Å². The van der Waals surface area contributed by atoms with E-state index in [0.717, 1.165) is 12.1 Å². The number of carbonyl (C=O) groups is 1. The van der Waals surface area contributed by atoms with Gasteiger partial charge in [-0.15, -0.1) is 18.3 Å². The standard InChI is InChI=1S/C17H13F3N4O4/c1-27-13-5-4-12(28-17(18,19)20)7-11(13)9-24-15(10-3-2-6-21-8-10)14(16(25)26)22-23-24/h2-8H,9H2,1H3,(H,25,26). The van der Waals surface area contributed by atoms with Gasteiger partial charge in [-0.2, -0.15) is 0 Å². The molecule has 146 valence electrons. The van der Waals surface area contributed by atoms with Crippen LogP contribution in [0.5, 0.6) is 11.5 Å². The van der Waals surface area contributed by atoms with Gasteiger partial charge in [-0.3, -0.25) is 4.98 Å². The Balaban J connectivity index is 2.04. The molecule has 1 aromatic carbocycles. The number of alkyl halides is 3. The number of benzene rings is 1. The first-order valence-corrected chi connectivity index (χ1v) is 7.78. The molecule has 0 bridgehead atoms. The fraction of sp³-hybridized carbons (Fsp3) is 0.176. The quantitative estimate of drug-likeness (QED) is 0.686. The largest absolute Gasteiger partial charge is 0.573 e. The number of ether oxygens (including phenoxy) is 2. The summed E-state index contributed by atoms with van der Waals surface area (Å²) in [5.41, 5.74) is 0.572. The molecule has 0 aliphatic rings. The molecule has 3 rings (SSSR count). The molecule has 2 aromatic heterocycles. The Morgan fingerprint density at radius 3 is 2.68 bits per heavy atom. The maximum absolute atomic E-state index is 12.5. The Bertz CT molecular complexity index is 990. The SMILES string of the molecule is COc1ccc(OC(F)(F)F)cc1Cn1nnc(C(=O)O)c1-c1cccnc1. The van der Waals surface area contributed by atoms with Crippen LogP contribution in [0.4, 0.5) is 13.2 Å². The van der Waals surface area contributed by atoms with E-state index in [4.69, 9.17) is 4.74 Å². The average molecular weight is 394 g/mol. The van der Waals surface area contributed by atoms with Gasteiger partial charge in [0.25, 0.3) is 0 Å². The Morgan fingerprint density at radius 2 is 2.07 bits per heavy atom. The Morgan fingerprint density at radius 1 is 1.29 bits per heavy atom. The summed E-state index contributed by atoms with van der Waals surface area (Å²) in [7, 11) is 1.36. The Hall–Kier alpha value is -3.63. The van der Waals surface area contributed by atoms with Crippen molar-refractivity contribution in [2.75, 3.05) is 7.11 Å². The van der Waals surface area contributed by atoms with Gasteiger partial charge in [0.15, 0.2) is 5.69 Å². The molecule has 8 nitrogen and oxygen atoms in total. The molecule has 0 aliphatic carbocycles. The molecule has 0 aliphatic heterocycles. The highest BCUT2D eigenvalue weighted by Gasteiger charge is 2.31. The number of halogens is 3. The van der Waals surface area contributed by atoms with Crippen molar-refractivity contribution in [1.82, 2.24) is 20.0 Å². The molecule has 3 aromatic rings. The molecule has 28 heavy (non-hydrogen) atoms. The second-order valence-electron chi connectivity index (χ2n) is 5.51. The fourth-order valence-electron chi connectivity index (χ4n) is 2.59. The Kier molecular flexibility index (Phi) is 5.16. The maximum Gasteiger partial charge on any atom is 0.573 e. The first-order chi connectivity index (χ1) is 13.3. The van der Waals surface area contributed by atoms with Crippen LogP contribution in [-0.2, 0) is 6.54 Å². The van der Waals surface area contributed by atoms with Crippen LogP contribution in [0.2, 0.25) is 0 Å². The van der Waals surface area contributed by atoms with Crippen LogP contribution in [0.3, 0.4) is 0 Å². The zero-order chi connectivity index (χ0) is 20.3. The molecule has 0 spiro atoms. The first-order valence-electron chi connectivity index (χ1n) is 7.78. The molecule has 0 unspecified atom stereocenters. The van der Waals surface area contributed by atoms with Gasteiger partial charge in [-0.05, 0) is 30.3 Å². The number of hydrogen-bond donors (Lipinski definition) is 1. The summed E-state index contributed by atoms with van der Waals surface area (Å²) in [6.07, 6.45) is -1.91. The van der Waals surface area contributed by atoms with E-state index < -0.39 is 18.1 Å². The summed E-state index contributed by atoms with van der Waals surface area (Å²) < 4.78 is 47.9. The number of aromatic carboxylic acids is 1. The number of carboxylic acid groups (broad SMARTS) is 1. The lowest BCUT2D eigenvalue weighted by molar-refractivity contribution is -0.274. The lowest BCUT2D eigenvalue weighted by Crippen LogP contribution is -2.17. The van der Waals surface area contributed by atoms with Crippen molar-refractivity contribution in [3.05, 3.63) is 54.0 Å². The van der Waals surface area contributed by atoms with Gasteiger partial charge in [0.05, 0.1) is 13.7 Å². The van der Waals surface area contributed by atoms with Crippen molar-refractivity contribution in [2.24, 2.45) is 0 Å². The molecule has 0 radical (unpaired) electrons. The topological polar surface area (TPSA) is 99.4 Å². The van der Waals surface area contributed by atoms with Crippen molar-refractivity contribution in [3.8, 4) is 22.8 Å². The minimum Gasteiger partial charge on any atom is -0.496 e. The minimum atomic E-state index is -4.85. The molecular weight excluding hydrogens is 381 g/mol. The number of nitrogens with zero attached hydrogens (tertiary/aromatic N) is 4. The molecule has 0 saturated carbocycles. The van der Waals surface area contributed by atoms with Crippen LogP contribution in [-0.4, -0.2) is 44.5 Å². The predicted octanol–water partition coefficient (Wildman–Crippen LogP) is 2.99. The molecule has 0 fully saturated rings. The lowest BCUT2D eigenvalue weighted by Gasteiger charge is -2.14. The van der Waals surface area contributed by atoms with Gasteiger partial charge >= 0.3 is 12.3 Å². The molecule has 2 heterocycles. The highest BCUT2D eigenvalue weighted by atomic mass is 19.4. The number of methoxy groups -OCH3 is 1. The molecule has 0 atom stereocenters. The summed E-state index contributed by atoms with van der Waals surface area (Å²) in [6, 6.07) is 6.80. The van der Waals surface area contributed by atoms with Crippen molar-refractivity contribution < 1.29 is 32.5 Å². The van der Waals surface area contributed by atoms with E-state index in [1.807, 2.05) is 0 Å². The fourth-order valence-corrected chi connectivity index (χ4v) is 2.59. The average Bonchev–Trinajstić information content (AvgIpc) is 3.05. The van der Waals surface area contributed by atoms with E-state index >= 15 is 0 Å². The smallest absolute Gasteiger partial charge is 0.496 e. The summed E-state index contributed by atoms with van der Waals surface area (Å²) in [5, 5.41) is 16.9. The monoisotopic (exact) mass is 394 g/mol. The Labute approximate surface area is 156 Å². The van der Waals surface area contributed by atoms with Gasteiger partial charge < -0.3 is 14.6 Å². The van der Waals surface area contributed by atoms with Gasteiger partial charge in [0.1, 0.15) is 17.2 Å². The third kappa shape index (κ3) is 4.19. The third-order valence-electron chi connectivity index (χ3n) is 3.68. The van der Waals surface area contributed by atoms with E-state index in [2.05, 4.69) is 20.0 Å². The van der Waals surface area contributed by atoms with E-state index in [1.54, 1.807) is 12.1 Å². The second-order valence-corrected chi connectivity index (χ2v) is 5.51. The number of rotatable bonds is 6. The van der Waals surface area contributed by atoms with Gasteiger partial charge in [0, 0.05) is 23.5 Å². The molecule has 11 heteroatoms. The summed E-state index contributed by atoms with van der Waals surface area (Å²) in [6.45, 7) is -0.108. The van der Waals surface area contributed by atoms with E-state index in [1.165, 1.54) is 30.3 Å². The number of pyridine rings is 1.